The first kappa shape index (κ1) is 21.3. The van der Waals surface area contributed by atoms with Crippen molar-refractivity contribution in [3.8, 4) is 6.07 Å². The van der Waals surface area contributed by atoms with Gasteiger partial charge in [-0.3, -0.25) is 9.59 Å². The van der Waals surface area contributed by atoms with Crippen LogP contribution in [0, 0.1) is 18.3 Å². The molecule has 0 aliphatic carbocycles. The summed E-state index contributed by atoms with van der Waals surface area (Å²) in [6.07, 6.45) is 0. The summed E-state index contributed by atoms with van der Waals surface area (Å²) in [5, 5.41) is 20.7. The SMILES string of the molecule is CCn1c(CNC(=O)c2cccc(C)c2)nnc1SCC(=O)c1ccc(C#N)cc1. The summed E-state index contributed by atoms with van der Waals surface area (Å²) in [5.41, 5.74) is 2.68. The molecule has 30 heavy (non-hydrogen) atoms. The van der Waals surface area contributed by atoms with Gasteiger partial charge in [0.2, 0.25) is 0 Å². The van der Waals surface area contributed by atoms with Crippen molar-refractivity contribution in [2.75, 3.05) is 5.75 Å². The maximum Gasteiger partial charge on any atom is 0.251 e. The van der Waals surface area contributed by atoms with Gasteiger partial charge >= 0.3 is 0 Å². The molecule has 0 saturated carbocycles. The minimum absolute atomic E-state index is 0.0514. The van der Waals surface area contributed by atoms with Crippen LogP contribution in [0.4, 0.5) is 0 Å². The van der Waals surface area contributed by atoms with Gasteiger partial charge in [0, 0.05) is 17.7 Å². The molecule has 0 bridgehead atoms. The molecule has 8 heteroatoms. The van der Waals surface area contributed by atoms with Crippen molar-refractivity contribution in [1.29, 1.82) is 5.26 Å². The Labute approximate surface area is 179 Å². The van der Waals surface area contributed by atoms with E-state index in [-0.39, 0.29) is 24.0 Å². The lowest BCUT2D eigenvalue weighted by molar-refractivity contribution is 0.0948. The Morgan fingerprint density at radius 2 is 1.90 bits per heavy atom. The van der Waals surface area contributed by atoms with Gasteiger partial charge in [-0.15, -0.1) is 10.2 Å². The quantitative estimate of drug-likeness (QED) is 0.444. The summed E-state index contributed by atoms with van der Waals surface area (Å²) in [5.74, 6) is 0.616. The predicted octanol–water partition coefficient (Wildman–Crippen LogP) is 3.38. The number of nitrogens with one attached hydrogen (secondary N) is 1. The van der Waals surface area contributed by atoms with E-state index in [4.69, 9.17) is 5.26 Å². The zero-order valence-corrected chi connectivity index (χ0v) is 17.6. The standard InChI is InChI=1S/C22H21N5O2S/c1-3-27-20(13-24-21(29)18-6-4-5-15(2)11-18)25-26-22(27)30-14-19(28)17-9-7-16(12-23)8-10-17/h4-11H,3,13-14H2,1-2H3,(H,24,29). The second-order valence-corrected chi connectivity index (χ2v) is 7.54. The fourth-order valence-electron chi connectivity index (χ4n) is 2.87. The van der Waals surface area contributed by atoms with Gasteiger partial charge in [0.05, 0.1) is 23.9 Å². The molecule has 1 N–H and O–H groups in total. The maximum absolute atomic E-state index is 12.4. The van der Waals surface area contributed by atoms with Crippen LogP contribution in [0.2, 0.25) is 0 Å². The van der Waals surface area contributed by atoms with E-state index in [1.54, 1.807) is 30.3 Å². The number of carbonyl (C=O) groups excluding carboxylic acids is 2. The van der Waals surface area contributed by atoms with E-state index in [0.717, 1.165) is 5.56 Å². The van der Waals surface area contributed by atoms with E-state index < -0.39 is 0 Å². The largest absolute Gasteiger partial charge is 0.345 e. The molecule has 3 aromatic rings. The highest BCUT2D eigenvalue weighted by atomic mass is 32.2. The lowest BCUT2D eigenvalue weighted by Gasteiger charge is -2.09. The van der Waals surface area contributed by atoms with E-state index in [1.165, 1.54) is 11.8 Å². The normalized spacial score (nSPS) is 10.4. The van der Waals surface area contributed by atoms with E-state index in [1.807, 2.05) is 42.7 Å². The van der Waals surface area contributed by atoms with Gasteiger partial charge in [0.15, 0.2) is 16.8 Å². The summed E-state index contributed by atoms with van der Waals surface area (Å²) in [6.45, 7) is 4.77. The second kappa shape index (κ2) is 9.85. The number of benzene rings is 2. The highest BCUT2D eigenvalue weighted by molar-refractivity contribution is 7.99. The third-order valence-electron chi connectivity index (χ3n) is 4.47. The zero-order chi connectivity index (χ0) is 21.5. The number of nitrogens with zero attached hydrogens (tertiary/aromatic N) is 4. The van der Waals surface area contributed by atoms with Crippen molar-refractivity contribution in [1.82, 2.24) is 20.1 Å². The number of hydrogen-bond donors (Lipinski definition) is 1. The van der Waals surface area contributed by atoms with Crippen LogP contribution in [0.15, 0.2) is 53.7 Å². The molecular weight excluding hydrogens is 398 g/mol. The van der Waals surface area contributed by atoms with Crippen LogP contribution in [0.25, 0.3) is 0 Å². The minimum Gasteiger partial charge on any atom is -0.345 e. The molecular formula is C22H21N5O2S. The van der Waals surface area contributed by atoms with Crippen molar-refractivity contribution >= 4 is 23.5 Å². The topological polar surface area (TPSA) is 101 Å². The number of Topliss-reactive ketones (excluding diaryl/α,β-unsaturated/α-hetero) is 1. The van der Waals surface area contributed by atoms with Crippen molar-refractivity contribution in [2.24, 2.45) is 0 Å². The Kier molecular flexibility index (Phi) is 6.99. The number of hydrogen-bond acceptors (Lipinski definition) is 6. The first-order valence-electron chi connectivity index (χ1n) is 9.45. The molecule has 0 aliphatic rings. The molecule has 1 amide bonds. The van der Waals surface area contributed by atoms with Gasteiger partial charge < -0.3 is 9.88 Å². The van der Waals surface area contributed by atoms with Gasteiger partial charge in [-0.2, -0.15) is 5.26 Å². The molecule has 1 aromatic heterocycles. The van der Waals surface area contributed by atoms with Crippen LogP contribution >= 0.6 is 11.8 Å². The van der Waals surface area contributed by atoms with Crippen LogP contribution in [0.3, 0.4) is 0 Å². The van der Waals surface area contributed by atoms with Crippen molar-refractivity contribution < 1.29 is 9.59 Å². The molecule has 7 nitrogen and oxygen atoms in total. The lowest BCUT2D eigenvalue weighted by atomic mass is 10.1. The highest BCUT2D eigenvalue weighted by Gasteiger charge is 2.15. The Hall–Kier alpha value is -3.44. The third-order valence-corrected chi connectivity index (χ3v) is 5.43. The van der Waals surface area contributed by atoms with Gasteiger partial charge in [-0.1, -0.05) is 41.6 Å². The number of ketones is 1. The van der Waals surface area contributed by atoms with Gasteiger partial charge in [0.25, 0.3) is 5.91 Å². The van der Waals surface area contributed by atoms with Crippen molar-refractivity contribution in [2.45, 2.75) is 32.1 Å². The molecule has 0 spiro atoms. The first-order chi connectivity index (χ1) is 14.5. The zero-order valence-electron chi connectivity index (χ0n) is 16.8. The predicted molar refractivity (Wildman–Crippen MR) is 114 cm³/mol. The van der Waals surface area contributed by atoms with Crippen LogP contribution in [0.1, 0.15) is 44.6 Å². The first-order valence-corrected chi connectivity index (χ1v) is 10.4. The fourth-order valence-corrected chi connectivity index (χ4v) is 3.78. The van der Waals surface area contributed by atoms with Gasteiger partial charge in [-0.05, 0) is 38.1 Å². The monoisotopic (exact) mass is 419 g/mol. The summed E-state index contributed by atoms with van der Waals surface area (Å²) < 4.78 is 1.88. The number of thioether (sulfide) groups is 1. The Morgan fingerprint density at radius 1 is 1.13 bits per heavy atom. The Bertz CT molecular complexity index is 1100. The molecule has 0 saturated heterocycles. The van der Waals surface area contributed by atoms with E-state index in [9.17, 15) is 9.59 Å². The number of amides is 1. The third kappa shape index (κ3) is 5.13. The van der Waals surface area contributed by atoms with E-state index >= 15 is 0 Å². The van der Waals surface area contributed by atoms with Crippen LogP contribution in [0.5, 0.6) is 0 Å². The summed E-state index contributed by atoms with van der Waals surface area (Å²) in [6, 6.07) is 16.0. The average Bonchev–Trinajstić information content (AvgIpc) is 3.17. The molecule has 152 valence electrons. The van der Waals surface area contributed by atoms with Crippen LogP contribution in [-0.4, -0.2) is 32.2 Å². The fraction of sp³-hybridized carbons (Fsp3) is 0.227. The van der Waals surface area contributed by atoms with Crippen molar-refractivity contribution in [3.63, 3.8) is 0 Å². The lowest BCUT2D eigenvalue weighted by Crippen LogP contribution is -2.24. The van der Waals surface area contributed by atoms with Gasteiger partial charge in [-0.25, -0.2) is 0 Å². The van der Waals surface area contributed by atoms with Crippen LogP contribution in [-0.2, 0) is 13.1 Å². The molecule has 0 unspecified atom stereocenters. The Morgan fingerprint density at radius 3 is 2.57 bits per heavy atom. The highest BCUT2D eigenvalue weighted by Crippen LogP contribution is 2.19. The number of nitriles is 1. The van der Waals surface area contributed by atoms with Crippen molar-refractivity contribution in [3.05, 3.63) is 76.6 Å². The summed E-state index contributed by atoms with van der Waals surface area (Å²) in [7, 11) is 0. The average molecular weight is 420 g/mol. The number of rotatable bonds is 8. The molecule has 0 radical (unpaired) electrons. The molecule has 0 fully saturated rings. The summed E-state index contributed by atoms with van der Waals surface area (Å²) in [4.78, 5) is 24.8. The maximum atomic E-state index is 12.4. The number of carbonyl (C=O) groups is 2. The minimum atomic E-state index is -0.172. The molecule has 2 aromatic carbocycles. The molecule has 3 rings (SSSR count). The number of aryl methyl sites for hydroxylation is 1. The second-order valence-electron chi connectivity index (χ2n) is 6.60. The van der Waals surface area contributed by atoms with E-state index in [0.29, 0.717) is 34.2 Å². The Balaban J connectivity index is 1.61. The molecule has 0 atom stereocenters. The molecule has 0 aliphatic heterocycles. The molecule has 1 heterocycles. The van der Waals surface area contributed by atoms with E-state index in [2.05, 4.69) is 15.5 Å². The number of aromatic nitrogens is 3. The van der Waals surface area contributed by atoms with Gasteiger partial charge in [0.1, 0.15) is 0 Å². The smallest absolute Gasteiger partial charge is 0.251 e. The van der Waals surface area contributed by atoms with Crippen LogP contribution < -0.4 is 5.32 Å². The summed E-state index contributed by atoms with van der Waals surface area (Å²) >= 11 is 1.30.